The van der Waals surface area contributed by atoms with Crippen LogP contribution in [0.3, 0.4) is 0 Å². The molecule has 1 aromatic carbocycles. The second kappa shape index (κ2) is 5.39. The lowest BCUT2D eigenvalue weighted by molar-refractivity contribution is 0.875. The highest BCUT2D eigenvalue weighted by atomic mass is 35.5. The van der Waals surface area contributed by atoms with Crippen molar-refractivity contribution < 1.29 is 0 Å². The summed E-state index contributed by atoms with van der Waals surface area (Å²) in [6.07, 6.45) is 0. The molecule has 1 N–H and O–H groups in total. The maximum Gasteiger partial charge on any atom is 0.131 e. The van der Waals surface area contributed by atoms with E-state index in [1.165, 1.54) is 0 Å². The highest BCUT2D eigenvalue weighted by Crippen LogP contribution is 2.25. The van der Waals surface area contributed by atoms with Gasteiger partial charge in [-0.25, -0.2) is 4.98 Å². The van der Waals surface area contributed by atoms with Crippen LogP contribution in [0.4, 0.5) is 5.82 Å². The number of anilines is 1. The first-order valence-electron chi connectivity index (χ1n) is 5.30. The zero-order chi connectivity index (χ0) is 12.3. The molecule has 0 saturated heterocycles. The van der Waals surface area contributed by atoms with Crippen molar-refractivity contribution in [2.45, 2.75) is 13.0 Å². The van der Waals surface area contributed by atoms with Crippen molar-refractivity contribution in [2.75, 3.05) is 5.32 Å². The Morgan fingerprint density at radius 3 is 2.53 bits per heavy atom. The maximum atomic E-state index is 6.13. The lowest BCUT2D eigenvalue weighted by Crippen LogP contribution is -2.08. The first-order chi connectivity index (χ1) is 8.16. The Kier molecular flexibility index (Phi) is 3.87. The third-order valence-corrected chi connectivity index (χ3v) is 3.01. The van der Waals surface area contributed by atoms with Crippen LogP contribution >= 0.6 is 23.2 Å². The number of aromatic nitrogens is 1. The molecule has 0 amide bonds. The number of halogens is 2. The number of benzene rings is 1. The lowest BCUT2D eigenvalue weighted by atomic mass is 10.1. The number of pyridine rings is 1. The Labute approximate surface area is 111 Å². The average Bonchev–Trinajstić information content (AvgIpc) is 2.29. The smallest absolute Gasteiger partial charge is 0.131 e. The van der Waals surface area contributed by atoms with Gasteiger partial charge in [0.2, 0.25) is 0 Å². The molecule has 1 aromatic heterocycles. The van der Waals surface area contributed by atoms with Gasteiger partial charge in [0.15, 0.2) is 0 Å². The van der Waals surface area contributed by atoms with Crippen molar-refractivity contribution in [3.8, 4) is 0 Å². The Hall–Kier alpha value is -1.25. The minimum absolute atomic E-state index is 0.0784. The summed E-state index contributed by atoms with van der Waals surface area (Å²) in [5, 5.41) is 4.48. The Bertz CT molecular complexity index is 514. The van der Waals surface area contributed by atoms with Crippen LogP contribution in [-0.4, -0.2) is 4.98 Å². The Morgan fingerprint density at radius 2 is 1.82 bits per heavy atom. The summed E-state index contributed by atoms with van der Waals surface area (Å²) in [5.74, 6) is 0.741. The fraction of sp³-hybridized carbons (Fsp3) is 0.154. The molecule has 17 heavy (non-hydrogen) atoms. The molecular weight excluding hydrogens is 255 g/mol. The Morgan fingerprint density at radius 1 is 1.06 bits per heavy atom. The summed E-state index contributed by atoms with van der Waals surface area (Å²) in [4.78, 5) is 4.18. The van der Waals surface area contributed by atoms with Crippen molar-refractivity contribution in [2.24, 2.45) is 0 Å². The van der Waals surface area contributed by atoms with Gasteiger partial charge in [-0.05, 0) is 30.7 Å². The number of hydrogen-bond donors (Lipinski definition) is 1. The van der Waals surface area contributed by atoms with Gasteiger partial charge >= 0.3 is 0 Å². The summed E-state index contributed by atoms with van der Waals surface area (Å²) in [7, 11) is 0. The Balaban J connectivity index is 2.17. The van der Waals surface area contributed by atoms with E-state index in [4.69, 9.17) is 23.2 Å². The van der Waals surface area contributed by atoms with E-state index in [1.54, 1.807) is 6.07 Å². The van der Waals surface area contributed by atoms with Crippen LogP contribution in [0.2, 0.25) is 10.2 Å². The zero-order valence-corrected chi connectivity index (χ0v) is 10.8. The van der Waals surface area contributed by atoms with E-state index in [9.17, 15) is 0 Å². The summed E-state index contributed by atoms with van der Waals surface area (Å²) >= 11 is 12.0. The van der Waals surface area contributed by atoms with Gasteiger partial charge < -0.3 is 5.32 Å². The molecule has 0 fully saturated rings. The molecule has 1 heterocycles. The minimum Gasteiger partial charge on any atom is -0.363 e. The van der Waals surface area contributed by atoms with Gasteiger partial charge in [-0.2, -0.15) is 0 Å². The summed E-state index contributed by atoms with van der Waals surface area (Å²) in [5.41, 5.74) is 1.04. The molecule has 0 bridgehead atoms. The van der Waals surface area contributed by atoms with Crippen LogP contribution in [-0.2, 0) is 0 Å². The molecule has 0 aliphatic carbocycles. The van der Waals surface area contributed by atoms with Crippen LogP contribution < -0.4 is 5.32 Å². The van der Waals surface area contributed by atoms with Gasteiger partial charge in [-0.1, -0.05) is 47.5 Å². The molecule has 88 valence electrons. The summed E-state index contributed by atoms with van der Waals surface area (Å²) in [6, 6.07) is 13.3. The largest absolute Gasteiger partial charge is 0.363 e. The van der Waals surface area contributed by atoms with E-state index in [0.29, 0.717) is 5.15 Å². The average molecular weight is 267 g/mol. The zero-order valence-electron chi connectivity index (χ0n) is 9.32. The van der Waals surface area contributed by atoms with Gasteiger partial charge in [0.05, 0.1) is 6.04 Å². The first kappa shape index (κ1) is 12.2. The lowest BCUT2D eigenvalue weighted by Gasteiger charge is -2.16. The van der Waals surface area contributed by atoms with Crippen LogP contribution in [0, 0.1) is 0 Å². The predicted molar refractivity (Wildman–Crippen MR) is 72.7 cm³/mol. The van der Waals surface area contributed by atoms with Crippen molar-refractivity contribution in [3.63, 3.8) is 0 Å². The molecule has 0 spiro atoms. The molecule has 2 nitrogen and oxygen atoms in total. The minimum atomic E-state index is 0.0784. The molecule has 4 heteroatoms. The van der Waals surface area contributed by atoms with Gasteiger partial charge in [0.1, 0.15) is 11.0 Å². The number of hydrogen-bond acceptors (Lipinski definition) is 2. The monoisotopic (exact) mass is 266 g/mol. The standard InChI is InChI=1S/C13H12Cl2N2/c1-9(10-5-2-3-6-11(10)14)16-13-8-4-7-12(15)17-13/h2-9H,1H3,(H,16,17). The number of rotatable bonds is 3. The van der Waals surface area contributed by atoms with Crippen molar-refractivity contribution in [3.05, 3.63) is 58.2 Å². The van der Waals surface area contributed by atoms with Crippen LogP contribution in [0.25, 0.3) is 0 Å². The van der Waals surface area contributed by atoms with E-state index in [-0.39, 0.29) is 6.04 Å². The highest BCUT2D eigenvalue weighted by molar-refractivity contribution is 6.31. The van der Waals surface area contributed by atoms with E-state index in [0.717, 1.165) is 16.4 Å². The fourth-order valence-electron chi connectivity index (χ4n) is 1.61. The second-order valence-corrected chi connectivity index (χ2v) is 4.53. The SMILES string of the molecule is CC(Nc1cccc(Cl)n1)c1ccccc1Cl. The third-order valence-electron chi connectivity index (χ3n) is 2.45. The van der Waals surface area contributed by atoms with Crippen LogP contribution in [0.15, 0.2) is 42.5 Å². The normalized spacial score (nSPS) is 12.2. The highest BCUT2D eigenvalue weighted by Gasteiger charge is 2.09. The maximum absolute atomic E-state index is 6.13. The van der Waals surface area contributed by atoms with Gasteiger partial charge in [-0.15, -0.1) is 0 Å². The molecule has 0 aliphatic heterocycles. The topological polar surface area (TPSA) is 24.9 Å². The van der Waals surface area contributed by atoms with Crippen molar-refractivity contribution in [1.29, 1.82) is 0 Å². The van der Waals surface area contributed by atoms with Crippen LogP contribution in [0.1, 0.15) is 18.5 Å². The van der Waals surface area contributed by atoms with E-state index in [1.807, 2.05) is 43.3 Å². The summed E-state index contributed by atoms with van der Waals surface area (Å²) < 4.78 is 0. The van der Waals surface area contributed by atoms with Gasteiger partial charge in [-0.3, -0.25) is 0 Å². The number of nitrogens with one attached hydrogen (secondary N) is 1. The molecule has 1 atom stereocenters. The van der Waals surface area contributed by atoms with Gasteiger partial charge in [0, 0.05) is 5.02 Å². The molecule has 0 saturated carbocycles. The molecule has 2 aromatic rings. The molecule has 1 unspecified atom stereocenters. The second-order valence-electron chi connectivity index (χ2n) is 3.73. The van der Waals surface area contributed by atoms with Gasteiger partial charge in [0.25, 0.3) is 0 Å². The molecule has 0 aliphatic rings. The third kappa shape index (κ3) is 3.11. The van der Waals surface area contributed by atoms with Crippen molar-refractivity contribution >= 4 is 29.0 Å². The van der Waals surface area contributed by atoms with E-state index < -0.39 is 0 Å². The number of nitrogens with zero attached hydrogens (tertiary/aromatic N) is 1. The van der Waals surface area contributed by atoms with Crippen LogP contribution in [0.5, 0.6) is 0 Å². The molecule has 2 rings (SSSR count). The first-order valence-corrected chi connectivity index (χ1v) is 6.06. The fourth-order valence-corrected chi connectivity index (χ4v) is 2.08. The van der Waals surface area contributed by atoms with Crippen molar-refractivity contribution in [1.82, 2.24) is 4.98 Å². The quantitative estimate of drug-likeness (QED) is 0.824. The summed E-state index contributed by atoms with van der Waals surface area (Å²) in [6.45, 7) is 2.03. The predicted octanol–water partition coefficient (Wildman–Crippen LogP) is 4.56. The van der Waals surface area contributed by atoms with E-state index >= 15 is 0 Å². The molecule has 0 radical (unpaired) electrons. The molecular formula is C13H12Cl2N2. The van der Waals surface area contributed by atoms with E-state index in [2.05, 4.69) is 10.3 Å².